The highest BCUT2D eigenvalue weighted by Crippen LogP contribution is 2.27. The quantitative estimate of drug-likeness (QED) is 0.728. The Morgan fingerprint density at radius 3 is 2.33 bits per heavy atom. The molecule has 1 aromatic rings. The number of rotatable bonds is 2. The molecule has 1 heterocycles. The number of aryl methyl sites for hydroxylation is 1. The molecule has 0 saturated heterocycles. The van der Waals surface area contributed by atoms with E-state index < -0.39 is 0 Å². The number of nitrogens with one attached hydrogen (secondary N) is 1. The standard InChI is InChI=1S/C11H15NO3/c1-5(2)8-10(14)9(7(4)13)6(3)12-11(8)15/h5H,1-4H3,(H2,12,14,15). The molecule has 4 nitrogen and oxygen atoms in total. The van der Waals surface area contributed by atoms with Gasteiger partial charge in [0.1, 0.15) is 5.75 Å². The van der Waals surface area contributed by atoms with Crippen LogP contribution in [0.25, 0.3) is 0 Å². The lowest BCUT2D eigenvalue weighted by Gasteiger charge is -2.11. The molecule has 4 heteroatoms. The second-order valence-electron chi connectivity index (χ2n) is 3.93. The molecule has 0 aliphatic carbocycles. The smallest absolute Gasteiger partial charge is 0.255 e. The van der Waals surface area contributed by atoms with E-state index in [0.717, 1.165) is 0 Å². The molecule has 0 aliphatic heterocycles. The molecule has 0 aromatic carbocycles. The van der Waals surface area contributed by atoms with E-state index in [-0.39, 0.29) is 34.1 Å². The summed E-state index contributed by atoms with van der Waals surface area (Å²) < 4.78 is 0. The maximum atomic E-state index is 11.6. The van der Waals surface area contributed by atoms with Crippen LogP contribution in [-0.2, 0) is 0 Å². The molecule has 2 N–H and O–H groups in total. The van der Waals surface area contributed by atoms with E-state index >= 15 is 0 Å². The molecule has 0 spiro atoms. The van der Waals surface area contributed by atoms with Crippen molar-refractivity contribution in [2.45, 2.75) is 33.6 Å². The lowest BCUT2D eigenvalue weighted by Crippen LogP contribution is -2.18. The molecule has 15 heavy (non-hydrogen) atoms. The van der Waals surface area contributed by atoms with Crippen LogP contribution >= 0.6 is 0 Å². The molecular weight excluding hydrogens is 194 g/mol. The summed E-state index contributed by atoms with van der Waals surface area (Å²) in [6.45, 7) is 6.56. The summed E-state index contributed by atoms with van der Waals surface area (Å²) in [6.07, 6.45) is 0. The molecule has 82 valence electrons. The Morgan fingerprint density at radius 1 is 1.40 bits per heavy atom. The topological polar surface area (TPSA) is 70.2 Å². The van der Waals surface area contributed by atoms with Gasteiger partial charge in [-0.3, -0.25) is 9.59 Å². The minimum absolute atomic E-state index is 0.118. The zero-order chi connectivity index (χ0) is 11.7. The largest absolute Gasteiger partial charge is 0.507 e. The Bertz CT molecular complexity index is 458. The van der Waals surface area contributed by atoms with Crippen molar-refractivity contribution >= 4 is 5.78 Å². The minimum atomic E-state index is -0.329. The van der Waals surface area contributed by atoms with Gasteiger partial charge in [-0.15, -0.1) is 0 Å². The van der Waals surface area contributed by atoms with Gasteiger partial charge in [-0.1, -0.05) is 13.8 Å². The van der Waals surface area contributed by atoms with Crippen molar-refractivity contribution in [1.29, 1.82) is 0 Å². The Morgan fingerprint density at radius 2 is 1.93 bits per heavy atom. The monoisotopic (exact) mass is 209 g/mol. The van der Waals surface area contributed by atoms with Gasteiger partial charge in [0.25, 0.3) is 5.56 Å². The molecule has 0 aliphatic rings. The summed E-state index contributed by atoms with van der Waals surface area (Å²) in [7, 11) is 0. The molecule has 1 rings (SSSR count). The van der Waals surface area contributed by atoms with E-state index in [4.69, 9.17) is 0 Å². The highest BCUT2D eigenvalue weighted by atomic mass is 16.3. The first kappa shape index (κ1) is 11.5. The van der Waals surface area contributed by atoms with Crippen LogP contribution in [0.2, 0.25) is 0 Å². The van der Waals surface area contributed by atoms with Gasteiger partial charge in [0.05, 0.1) is 11.1 Å². The molecule has 1 aromatic heterocycles. The Kier molecular flexibility index (Phi) is 2.98. The van der Waals surface area contributed by atoms with E-state index in [9.17, 15) is 14.7 Å². The van der Waals surface area contributed by atoms with Crippen molar-refractivity contribution in [3.8, 4) is 5.75 Å². The summed E-state index contributed by atoms with van der Waals surface area (Å²) in [5.74, 6) is -0.547. The number of Topliss-reactive ketones (excluding diaryl/α,β-unsaturated/α-hetero) is 1. The molecule has 0 atom stereocenters. The third-order valence-electron chi connectivity index (χ3n) is 2.34. The van der Waals surface area contributed by atoms with E-state index in [0.29, 0.717) is 5.69 Å². The fraction of sp³-hybridized carbons (Fsp3) is 0.455. The molecule has 0 saturated carbocycles. The number of pyridine rings is 1. The van der Waals surface area contributed by atoms with E-state index in [2.05, 4.69) is 4.98 Å². The molecular formula is C11H15NO3. The summed E-state index contributed by atoms with van der Waals surface area (Å²) in [5, 5.41) is 9.85. The van der Waals surface area contributed by atoms with Crippen molar-refractivity contribution in [2.24, 2.45) is 0 Å². The lowest BCUT2D eigenvalue weighted by atomic mass is 9.98. The second kappa shape index (κ2) is 3.88. The van der Waals surface area contributed by atoms with Gasteiger partial charge in [0.15, 0.2) is 5.78 Å². The molecule has 0 bridgehead atoms. The van der Waals surface area contributed by atoms with Gasteiger partial charge >= 0.3 is 0 Å². The Hall–Kier alpha value is -1.58. The lowest BCUT2D eigenvalue weighted by molar-refractivity contribution is 0.101. The molecule has 0 unspecified atom stereocenters. The van der Waals surface area contributed by atoms with E-state index in [1.165, 1.54) is 6.92 Å². The third-order valence-corrected chi connectivity index (χ3v) is 2.34. The fourth-order valence-corrected chi connectivity index (χ4v) is 1.69. The van der Waals surface area contributed by atoms with Crippen molar-refractivity contribution in [2.75, 3.05) is 0 Å². The number of aromatic nitrogens is 1. The van der Waals surface area contributed by atoms with Crippen LogP contribution in [0.4, 0.5) is 0 Å². The van der Waals surface area contributed by atoms with Crippen LogP contribution in [0.1, 0.15) is 48.3 Å². The van der Waals surface area contributed by atoms with Crippen LogP contribution in [0.15, 0.2) is 4.79 Å². The average molecular weight is 209 g/mol. The van der Waals surface area contributed by atoms with Crippen LogP contribution < -0.4 is 5.56 Å². The zero-order valence-electron chi connectivity index (χ0n) is 9.34. The van der Waals surface area contributed by atoms with E-state index in [1.807, 2.05) is 0 Å². The molecule has 0 fully saturated rings. The first-order chi connectivity index (χ1) is 6.86. The van der Waals surface area contributed by atoms with Gasteiger partial charge in [-0.2, -0.15) is 0 Å². The number of aromatic amines is 1. The van der Waals surface area contributed by atoms with Crippen LogP contribution in [0, 0.1) is 6.92 Å². The first-order valence-electron chi connectivity index (χ1n) is 4.83. The number of aromatic hydroxyl groups is 1. The van der Waals surface area contributed by atoms with Gasteiger partial charge in [0, 0.05) is 5.69 Å². The summed E-state index contributed by atoms with van der Waals surface area (Å²) in [4.78, 5) is 25.4. The SMILES string of the molecule is CC(=O)c1c(C)[nH]c(=O)c(C(C)C)c1O. The van der Waals surface area contributed by atoms with Gasteiger partial charge < -0.3 is 10.1 Å². The molecule has 0 amide bonds. The van der Waals surface area contributed by atoms with Crippen molar-refractivity contribution in [1.82, 2.24) is 4.98 Å². The predicted molar refractivity (Wildman–Crippen MR) is 57.6 cm³/mol. The zero-order valence-corrected chi connectivity index (χ0v) is 9.34. The van der Waals surface area contributed by atoms with Crippen molar-refractivity contribution in [3.63, 3.8) is 0 Å². The second-order valence-corrected chi connectivity index (χ2v) is 3.93. The van der Waals surface area contributed by atoms with Crippen molar-refractivity contribution in [3.05, 3.63) is 27.2 Å². The first-order valence-corrected chi connectivity index (χ1v) is 4.83. The number of ketones is 1. The minimum Gasteiger partial charge on any atom is -0.507 e. The summed E-state index contributed by atoms with van der Waals surface area (Å²) in [6, 6.07) is 0. The number of hydrogen-bond acceptors (Lipinski definition) is 3. The normalized spacial score (nSPS) is 10.7. The average Bonchev–Trinajstić information content (AvgIpc) is 1.99. The van der Waals surface area contributed by atoms with Gasteiger partial charge in [-0.25, -0.2) is 0 Å². The van der Waals surface area contributed by atoms with Crippen molar-refractivity contribution < 1.29 is 9.90 Å². The third kappa shape index (κ3) is 1.93. The maximum absolute atomic E-state index is 11.6. The predicted octanol–water partition coefficient (Wildman–Crippen LogP) is 1.71. The highest BCUT2D eigenvalue weighted by molar-refractivity contribution is 5.98. The maximum Gasteiger partial charge on any atom is 0.255 e. The van der Waals surface area contributed by atoms with Gasteiger partial charge in [0.2, 0.25) is 0 Å². The highest BCUT2D eigenvalue weighted by Gasteiger charge is 2.19. The summed E-state index contributed by atoms with van der Waals surface area (Å²) >= 11 is 0. The van der Waals surface area contributed by atoms with Crippen LogP contribution in [-0.4, -0.2) is 15.9 Å². The number of carbonyl (C=O) groups excluding carboxylic acids is 1. The Balaban J connectivity index is 3.64. The van der Waals surface area contributed by atoms with Crippen LogP contribution in [0.5, 0.6) is 5.75 Å². The number of hydrogen-bond donors (Lipinski definition) is 2. The Labute approximate surface area is 88.0 Å². The fourth-order valence-electron chi connectivity index (χ4n) is 1.69. The van der Waals surface area contributed by atoms with Gasteiger partial charge in [-0.05, 0) is 19.8 Å². The van der Waals surface area contributed by atoms with Crippen LogP contribution in [0.3, 0.4) is 0 Å². The molecule has 0 radical (unpaired) electrons. The summed E-state index contributed by atoms with van der Waals surface area (Å²) in [5.41, 5.74) is 0.559. The van der Waals surface area contributed by atoms with E-state index in [1.54, 1.807) is 20.8 Å². The number of H-pyrrole nitrogens is 1. The number of carbonyl (C=O) groups is 1.